The van der Waals surface area contributed by atoms with E-state index in [-0.39, 0.29) is 34.2 Å². The van der Waals surface area contributed by atoms with Crippen molar-refractivity contribution < 1.29 is 14.3 Å². The SMILES string of the molecule is C[C@]12CC[C@H](O)CC1=CC[C@@H]1[C@@H]2CC[C@]2(C)C(=C(\C#N)C(N)=O)/C(=C/c3ccccc3F)C[C@@H]12. The number of hydrogen-bond donors (Lipinski definition) is 2. The maximum atomic E-state index is 14.6. The minimum absolute atomic E-state index is 0.0186. The van der Waals surface area contributed by atoms with Gasteiger partial charge in [0.1, 0.15) is 17.5 Å². The summed E-state index contributed by atoms with van der Waals surface area (Å²) < 4.78 is 14.6. The summed E-state index contributed by atoms with van der Waals surface area (Å²) in [6, 6.07) is 8.71. The molecule has 0 aliphatic heterocycles. The second kappa shape index (κ2) is 8.20. The van der Waals surface area contributed by atoms with Gasteiger partial charge in [0, 0.05) is 5.56 Å². The molecule has 34 heavy (non-hydrogen) atoms. The summed E-state index contributed by atoms with van der Waals surface area (Å²) in [5.41, 5.74) is 8.92. The molecule has 5 heteroatoms. The largest absolute Gasteiger partial charge is 0.393 e. The minimum Gasteiger partial charge on any atom is -0.393 e. The van der Waals surface area contributed by atoms with Crippen molar-refractivity contribution in [2.24, 2.45) is 34.3 Å². The van der Waals surface area contributed by atoms with Gasteiger partial charge in [-0.25, -0.2) is 4.39 Å². The van der Waals surface area contributed by atoms with Crippen LogP contribution in [0.2, 0.25) is 0 Å². The molecule has 5 rings (SSSR count). The fraction of sp³-hybridized carbons (Fsp3) is 0.517. The van der Waals surface area contributed by atoms with Gasteiger partial charge < -0.3 is 10.8 Å². The van der Waals surface area contributed by atoms with E-state index in [1.807, 2.05) is 6.08 Å². The van der Waals surface area contributed by atoms with Crippen LogP contribution >= 0.6 is 0 Å². The fourth-order valence-electron chi connectivity index (χ4n) is 7.95. The van der Waals surface area contributed by atoms with Gasteiger partial charge in [-0.3, -0.25) is 4.79 Å². The van der Waals surface area contributed by atoms with Crippen LogP contribution in [-0.4, -0.2) is 17.1 Å². The number of carbonyl (C=O) groups is 1. The molecule has 1 amide bonds. The predicted molar refractivity (Wildman–Crippen MR) is 129 cm³/mol. The Morgan fingerprint density at radius 3 is 2.62 bits per heavy atom. The summed E-state index contributed by atoms with van der Waals surface area (Å²) in [6.07, 6.45) is 10.1. The zero-order valence-corrected chi connectivity index (χ0v) is 20.0. The Hall–Kier alpha value is -2.71. The van der Waals surface area contributed by atoms with Gasteiger partial charge in [-0.1, -0.05) is 43.7 Å². The molecule has 6 atom stereocenters. The van der Waals surface area contributed by atoms with E-state index in [0.717, 1.165) is 49.7 Å². The summed E-state index contributed by atoms with van der Waals surface area (Å²) in [7, 11) is 0. The Morgan fingerprint density at radius 1 is 1.18 bits per heavy atom. The first-order valence-corrected chi connectivity index (χ1v) is 12.5. The number of fused-ring (bicyclic) bond motifs is 5. The molecule has 0 spiro atoms. The molecule has 0 saturated heterocycles. The fourth-order valence-corrected chi connectivity index (χ4v) is 7.95. The molecule has 0 bridgehead atoms. The van der Waals surface area contributed by atoms with Crippen molar-refractivity contribution >= 4 is 12.0 Å². The number of rotatable bonds is 2. The van der Waals surface area contributed by atoms with Gasteiger partial charge in [0.05, 0.1) is 6.10 Å². The molecule has 0 unspecified atom stereocenters. The van der Waals surface area contributed by atoms with Gasteiger partial charge in [0.15, 0.2) is 0 Å². The van der Waals surface area contributed by atoms with E-state index >= 15 is 0 Å². The number of primary amides is 1. The van der Waals surface area contributed by atoms with Gasteiger partial charge in [-0.05, 0) is 96.8 Å². The summed E-state index contributed by atoms with van der Waals surface area (Å²) in [5.74, 6) is 0.148. The second-order valence-corrected chi connectivity index (χ2v) is 11.2. The van der Waals surface area contributed by atoms with Crippen LogP contribution in [0.3, 0.4) is 0 Å². The van der Waals surface area contributed by atoms with E-state index in [2.05, 4.69) is 26.0 Å². The van der Waals surface area contributed by atoms with E-state index in [1.54, 1.807) is 18.2 Å². The van der Waals surface area contributed by atoms with Crippen molar-refractivity contribution in [3.05, 3.63) is 64.0 Å². The van der Waals surface area contributed by atoms with Crippen molar-refractivity contribution in [1.82, 2.24) is 0 Å². The maximum absolute atomic E-state index is 14.6. The molecule has 0 radical (unpaired) electrons. The molecule has 178 valence electrons. The summed E-state index contributed by atoms with van der Waals surface area (Å²) in [5, 5.41) is 20.2. The number of nitriles is 1. The third-order valence-corrected chi connectivity index (χ3v) is 9.64. The molecule has 0 aromatic heterocycles. The van der Waals surface area contributed by atoms with Crippen LogP contribution in [0, 0.1) is 45.7 Å². The number of hydrogen-bond acceptors (Lipinski definition) is 3. The second-order valence-electron chi connectivity index (χ2n) is 11.2. The molecule has 4 aliphatic carbocycles. The van der Waals surface area contributed by atoms with Gasteiger partial charge >= 0.3 is 0 Å². The number of carbonyl (C=O) groups excluding carboxylic acids is 1. The van der Waals surface area contributed by atoms with Gasteiger partial charge in [-0.2, -0.15) is 5.26 Å². The van der Waals surface area contributed by atoms with Crippen LogP contribution in [0.5, 0.6) is 0 Å². The normalized spacial score (nSPS) is 39.4. The number of amides is 1. The zero-order chi connectivity index (χ0) is 24.3. The monoisotopic (exact) mass is 460 g/mol. The van der Waals surface area contributed by atoms with Crippen molar-refractivity contribution in [2.75, 3.05) is 0 Å². The third-order valence-electron chi connectivity index (χ3n) is 9.64. The van der Waals surface area contributed by atoms with Crippen LogP contribution < -0.4 is 5.73 Å². The minimum atomic E-state index is -0.708. The van der Waals surface area contributed by atoms with E-state index < -0.39 is 5.91 Å². The van der Waals surface area contributed by atoms with Crippen LogP contribution in [0.4, 0.5) is 4.39 Å². The number of aliphatic hydroxyl groups excluding tert-OH is 1. The van der Waals surface area contributed by atoms with Crippen molar-refractivity contribution in [1.29, 1.82) is 5.26 Å². The average Bonchev–Trinajstić information content (AvgIpc) is 3.08. The lowest BCUT2D eigenvalue weighted by atomic mass is 9.47. The predicted octanol–water partition coefficient (Wildman–Crippen LogP) is 5.45. The highest BCUT2D eigenvalue weighted by Gasteiger charge is 2.59. The highest BCUT2D eigenvalue weighted by atomic mass is 19.1. The highest BCUT2D eigenvalue weighted by Crippen LogP contribution is 2.67. The van der Waals surface area contributed by atoms with E-state index in [0.29, 0.717) is 23.8 Å². The smallest absolute Gasteiger partial charge is 0.259 e. The first kappa shape index (κ1) is 23.1. The summed E-state index contributed by atoms with van der Waals surface area (Å²) in [4.78, 5) is 12.4. The lowest BCUT2D eigenvalue weighted by molar-refractivity contribution is -0.114. The van der Waals surface area contributed by atoms with Crippen molar-refractivity contribution in [3.8, 4) is 6.07 Å². The number of aliphatic hydroxyl groups is 1. The molecule has 3 fully saturated rings. The number of benzene rings is 1. The lowest BCUT2D eigenvalue weighted by Crippen LogP contribution is -2.49. The number of nitrogens with two attached hydrogens (primary N) is 1. The molecule has 4 nitrogen and oxygen atoms in total. The van der Waals surface area contributed by atoms with E-state index in [4.69, 9.17) is 5.73 Å². The molecule has 0 heterocycles. The Kier molecular flexibility index (Phi) is 5.56. The molecule has 1 aromatic rings. The Balaban J connectivity index is 1.63. The maximum Gasteiger partial charge on any atom is 0.259 e. The number of halogens is 1. The molecule has 3 N–H and O–H groups in total. The topological polar surface area (TPSA) is 87.1 Å². The van der Waals surface area contributed by atoms with Crippen molar-refractivity contribution in [3.63, 3.8) is 0 Å². The number of allylic oxidation sites excluding steroid dienone is 3. The molecular weight excluding hydrogens is 427 g/mol. The lowest BCUT2D eigenvalue weighted by Gasteiger charge is -2.57. The van der Waals surface area contributed by atoms with Gasteiger partial charge in [0.25, 0.3) is 5.91 Å². The molecular formula is C29H33FN2O2. The first-order valence-electron chi connectivity index (χ1n) is 12.5. The van der Waals surface area contributed by atoms with Crippen LogP contribution in [-0.2, 0) is 4.79 Å². The van der Waals surface area contributed by atoms with Gasteiger partial charge in [-0.15, -0.1) is 0 Å². The van der Waals surface area contributed by atoms with Crippen LogP contribution in [0.1, 0.15) is 64.4 Å². The standard InChI is InChI=1S/C29H33FN2O2/c1-28-11-9-20(33)15-19(28)7-8-21-23(28)10-12-29(2)24(21)14-18(26(29)22(16-31)27(32)34)13-17-5-3-4-6-25(17)30/h3-7,13,20-21,23-24,33H,8-12,14-15H2,1-2H3,(H2,32,34)/b18-13+,26-22+/t20-,21+,23-,24-,28-,29-/m0/s1. The molecule has 4 aliphatic rings. The zero-order valence-electron chi connectivity index (χ0n) is 20.0. The first-order chi connectivity index (χ1) is 16.2. The Bertz CT molecular complexity index is 1170. The third kappa shape index (κ3) is 3.38. The quantitative estimate of drug-likeness (QED) is 0.350. The van der Waals surface area contributed by atoms with E-state index in [1.165, 1.54) is 11.6 Å². The van der Waals surface area contributed by atoms with Crippen LogP contribution in [0.15, 0.2) is 52.6 Å². The van der Waals surface area contributed by atoms with E-state index in [9.17, 15) is 19.6 Å². The number of nitrogens with zero attached hydrogens (tertiary/aromatic N) is 1. The molecule has 3 saturated carbocycles. The Labute approximate surface area is 201 Å². The Morgan fingerprint density at radius 2 is 1.91 bits per heavy atom. The average molecular weight is 461 g/mol. The highest BCUT2D eigenvalue weighted by molar-refractivity contribution is 5.98. The van der Waals surface area contributed by atoms with Crippen molar-refractivity contribution in [2.45, 2.75) is 64.9 Å². The summed E-state index contributed by atoms with van der Waals surface area (Å²) >= 11 is 0. The van der Waals surface area contributed by atoms with Crippen LogP contribution in [0.25, 0.3) is 6.08 Å². The molecule has 1 aromatic carbocycles. The van der Waals surface area contributed by atoms with Gasteiger partial charge in [0.2, 0.25) is 0 Å². The summed E-state index contributed by atoms with van der Waals surface area (Å²) in [6.45, 7) is 4.55.